The number of aromatic hydroxyl groups is 1. The third-order valence-corrected chi connectivity index (χ3v) is 5.12. The van der Waals surface area contributed by atoms with Crippen molar-refractivity contribution in [3.63, 3.8) is 0 Å². The molecule has 0 atom stereocenters. The van der Waals surface area contributed by atoms with Gasteiger partial charge >= 0.3 is 0 Å². The van der Waals surface area contributed by atoms with Gasteiger partial charge in [0.25, 0.3) is 5.91 Å². The maximum Gasteiger partial charge on any atom is 0.270 e. The average molecular weight is 382 g/mol. The van der Waals surface area contributed by atoms with Crippen LogP contribution in [0.25, 0.3) is 6.08 Å². The normalized spacial score (nSPS) is 16.4. The number of hydrogen-bond donors (Lipinski definition) is 1. The van der Waals surface area contributed by atoms with Gasteiger partial charge in [-0.15, -0.1) is 0 Å². The van der Waals surface area contributed by atoms with Crippen molar-refractivity contribution in [1.29, 1.82) is 0 Å². The van der Waals surface area contributed by atoms with Crippen molar-refractivity contribution >= 4 is 69.2 Å². The first-order chi connectivity index (χ1) is 11.0. The lowest BCUT2D eigenvalue weighted by atomic mass is 10.2. The van der Waals surface area contributed by atoms with E-state index in [0.29, 0.717) is 30.5 Å². The van der Waals surface area contributed by atoms with E-state index in [9.17, 15) is 9.90 Å². The number of anilines is 1. The number of carbonyl (C=O) groups is 1. The highest BCUT2D eigenvalue weighted by molar-refractivity contribution is 8.27. The number of benzene rings is 2. The van der Waals surface area contributed by atoms with Gasteiger partial charge in [-0.05, 0) is 30.3 Å². The number of carbonyl (C=O) groups excluding carboxylic acids is 1. The molecule has 1 aliphatic heterocycles. The first kappa shape index (κ1) is 16.3. The van der Waals surface area contributed by atoms with Gasteiger partial charge in [-0.1, -0.05) is 59.3 Å². The minimum Gasteiger partial charge on any atom is -0.508 e. The molecule has 0 aliphatic carbocycles. The van der Waals surface area contributed by atoms with E-state index >= 15 is 0 Å². The van der Waals surface area contributed by atoms with Crippen molar-refractivity contribution in [2.24, 2.45) is 0 Å². The molecule has 0 bridgehead atoms. The fourth-order valence-electron chi connectivity index (χ4n) is 2.10. The zero-order chi connectivity index (χ0) is 16.6. The molecule has 1 fully saturated rings. The van der Waals surface area contributed by atoms with Crippen molar-refractivity contribution in [2.45, 2.75) is 0 Å². The van der Waals surface area contributed by atoms with Crippen LogP contribution in [0.4, 0.5) is 5.69 Å². The minimum absolute atomic E-state index is 0.0645. The Kier molecular flexibility index (Phi) is 4.64. The van der Waals surface area contributed by atoms with E-state index in [1.807, 2.05) is 0 Å². The van der Waals surface area contributed by atoms with Crippen molar-refractivity contribution < 1.29 is 9.90 Å². The largest absolute Gasteiger partial charge is 0.508 e. The number of hydrogen-bond acceptors (Lipinski definition) is 4. The second-order valence-electron chi connectivity index (χ2n) is 4.67. The highest BCUT2D eigenvalue weighted by Crippen LogP contribution is 2.38. The highest BCUT2D eigenvalue weighted by atomic mass is 35.5. The summed E-state index contributed by atoms with van der Waals surface area (Å²) in [6, 6.07) is 11.5. The van der Waals surface area contributed by atoms with Gasteiger partial charge in [-0.3, -0.25) is 9.69 Å². The van der Waals surface area contributed by atoms with Gasteiger partial charge in [-0.2, -0.15) is 0 Å². The van der Waals surface area contributed by atoms with Gasteiger partial charge in [0.15, 0.2) is 4.32 Å². The number of halogens is 2. The van der Waals surface area contributed by atoms with E-state index in [2.05, 4.69) is 0 Å². The summed E-state index contributed by atoms with van der Waals surface area (Å²) in [4.78, 5) is 14.4. The van der Waals surface area contributed by atoms with Crippen LogP contribution in [0.2, 0.25) is 10.0 Å². The van der Waals surface area contributed by atoms with Gasteiger partial charge in [0.1, 0.15) is 5.75 Å². The number of phenolic OH excluding ortho intramolecular Hbond substituents is 1. The van der Waals surface area contributed by atoms with Crippen molar-refractivity contribution in [3.05, 3.63) is 63.0 Å². The van der Waals surface area contributed by atoms with Crippen molar-refractivity contribution in [1.82, 2.24) is 0 Å². The van der Waals surface area contributed by atoms with E-state index in [1.54, 1.807) is 36.4 Å². The van der Waals surface area contributed by atoms with E-state index in [1.165, 1.54) is 17.0 Å². The van der Waals surface area contributed by atoms with Gasteiger partial charge in [0, 0.05) is 21.7 Å². The van der Waals surface area contributed by atoms with Gasteiger partial charge in [-0.25, -0.2) is 0 Å². The minimum atomic E-state index is -0.276. The van der Waals surface area contributed by atoms with Crippen LogP contribution in [-0.2, 0) is 4.79 Å². The summed E-state index contributed by atoms with van der Waals surface area (Å²) in [5.41, 5.74) is 1.09. The summed E-state index contributed by atoms with van der Waals surface area (Å²) in [5, 5.41) is 10.5. The van der Waals surface area contributed by atoms with Crippen LogP contribution < -0.4 is 4.90 Å². The molecule has 1 aliphatic rings. The second kappa shape index (κ2) is 6.53. The molecule has 1 saturated heterocycles. The highest BCUT2D eigenvalue weighted by Gasteiger charge is 2.33. The second-order valence-corrected chi connectivity index (χ2v) is 7.16. The zero-order valence-corrected chi connectivity index (χ0v) is 14.6. The predicted molar refractivity (Wildman–Crippen MR) is 100 cm³/mol. The Morgan fingerprint density at radius 3 is 2.43 bits per heavy atom. The predicted octanol–water partition coefficient (Wildman–Crippen LogP) is 5.10. The molecule has 0 radical (unpaired) electrons. The van der Waals surface area contributed by atoms with Crippen molar-refractivity contribution in [3.8, 4) is 5.75 Å². The maximum absolute atomic E-state index is 12.6. The van der Waals surface area contributed by atoms with Crippen LogP contribution in [0.3, 0.4) is 0 Å². The van der Waals surface area contributed by atoms with Gasteiger partial charge < -0.3 is 5.11 Å². The molecule has 2 aromatic carbocycles. The Labute approximate surface area is 152 Å². The summed E-state index contributed by atoms with van der Waals surface area (Å²) < 4.78 is 0.384. The fourth-order valence-corrected chi connectivity index (χ4v) is 3.89. The zero-order valence-electron chi connectivity index (χ0n) is 11.5. The molecule has 1 amide bonds. The van der Waals surface area contributed by atoms with Gasteiger partial charge in [0.05, 0.1) is 10.6 Å². The molecule has 2 aromatic rings. The van der Waals surface area contributed by atoms with Crippen molar-refractivity contribution in [2.75, 3.05) is 4.90 Å². The monoisotopic (exact) mass is 381 g/mol. The average Bonchev–Trinajstić information content (AvgIpc) is 2.77. The maximum atomic E-state index is 12.6. The van der Waals surface area contributed by atoms with Gasteiger partial charge in [0.2, 0.25) is 0 Å². The van der Waals surface area contributed by atoms with E-state index < -0.39 is 0 Å². The Morgan fingerprint density at radius 1 is 1.13 bits per heavy atom. The first-order valence-corrected chi connectivity index (χ1v) is 8.46. The molecule has 0 saturated carbocycles. The Bertz CT molecular complexity index is 831. The van der Waals surface area contributed by atoms with Crippen LogP contribution in [0.1, 0.15) is 5.56 Å². The first-order valence-electron chi connectivity index (χ1n) is 6.48. The molecule has 3 nitrogen and oxygen atoms in total. The third kappa shape index (κ3) is 3.23. The summed E-state index contributed by atoms with van der Waals surface area (Å²) in [6.45, 7) is 0. The Hall–Kier alpha value is -1.53. The lowest BCUT2D eigenvalue weighted by Gasteiger charge is -2.14. The SMILES string of the molecule is O=C1/C(=C/c2c(Cl)cccc2Cl)SC(=S)N1c1cccc(O)c1. The third-order valence-electron chi connectivity index (χ3n) is 3.16. The number of amides is 1. The van der Waals surface area contributed by atoms with E-state index in [-0.39, 0.29) is 11.7 Å². The number of phenols is 1. The summed E-state index contributed by atoms with van der Waals surface area (Å²) in [7, 11) is 0. The number of nitrogens with zero attached hydrogens (tertiary/aromatic N) is 1. The molecule has 7 heteroatoms. The molecule has 23 heavy (non-hydrogen) atoms. The van der Waals surface area contributed by atoms with E-state index in [0.717, 1.165) is 11.8 Å². The lowest BCUT2D eigenvalue weighted by molar-refractivity contribution is -0.113. The number of rotatable bonds is 2. The van der Waals surface area contributed by atoms with E-state index in [4.69, 9.17) is 35.4 Å². The molecule has 0 spiro atoms. The molecule has 0 unspecified atom stereocenters. The Morgan fingerprint density at radius 2 is 1.78 bits per heavy atom. The number of thioether (sulfide) groups is 1. The molecule has 1 N–H and O–H groups in total. The molecule has 116 valence electrons. The lowest BCUT2D eigenvalue weighted by Crippen LogP contribution is -2.27. The molecular weight excluding hydrogens is 373 g/mol. The molecule has 3 rings (SSSR count). The Balaban J connectivity index is 2.00. The smallest absolute Gasteiger partial charge is 0.270 e. The fraction of sp³-hybridized carbons (Fsp3) is 0. The van der Waals surface area contributed by atoms with Crippen LogP contribution in [0, 0.1) is 0 Å². The van der Waals surface area contributed by atoms with Crippen LogP contribution in [-0.4, -0.2) is 15.3 Å². The van der Waals surface area contributed by atoms with Crippen LogP contribution in [0.15, 0.2) is 47.4 Å². The summed E-state index contributed by atoms with van der Waals surface area (Å²) in [5.74, 6) is -0.212. The summed E-state index contributed by atoms with van der Waals surface area (Å²) in [6.07, 6.45) is 1.63. The van der Waals surface area contributed by atoms with Crippen LogP contribution in [0.5, 0.6) is 5.75 Å². The quantitative estimate of drug-likeness (QED) is 0.579. The van der Waals surface area contributed by atoms with Crippen LogP contribution >= 0.6 is 47.2 Å². The number of thiocarbonyl (C=S) groups is 1. The molecule has 1 heterocycles. The summed E-state index contributed by atoms with van der Waals surface area (Å²) >= 11 is 18.7. The topological polar surface area (TPSA) is 40.5 Å². The molecule has 0 aromatic heterocycles. The molecular formula is C16H9Cl2NO2S2. The standard InChI is InChI=1S/C16H9Cl2NO2S2/c17-12-5-2-6-13(18)11(12)8-14-15(21)19(16(22)23-14)9-3-1-4-10(20)7-9/h1-8,20H/b14-8-.